The van der Waals surface area contributed by atoms with E-state index in [0.29, 0.717) is 23.5 Å². The molecule has 0 unspecified atom stereocenters. The Morgan fingerprint density at radius 3 is 2.79 bits per heavy atom. The maximum atomic E-state index is 13.1. The lowest BCUT2D eigenvalue weighted by molar-refractivity contribution is 0.144. The van der Waals surface area contributed by atoms with Gasteiger partial charge in [0, 0.05) is 17.5 Å². The Bertz CT molecular complexity index is 607. The van der Waals surface area contributed by atoms with Crippen LogP contribution >= 0.6 is 0 Å². The Kier molecular flexibility index (Phi) is 2.93. The molecule has 1 aliphatic carbocycles. The molecule has 0 radical (unpaired) electrons. The van der Waals surface area contributed by atoms with Crippen LogP contribution in [0.5, 0.6) is 0 Å². The molecule has 3 rings (SSSR count). The van der Waals surface area contributed by atoms with Gasteiger partial charge in [0.25, 0.3) is 6.43 Å². The lowest BCUT2D eigenvalue weighted by atomic mass is 9.96. The molecule has 2 heterocycles. The third kappa shape index (κ3) is 1.97. The summed E-state index contributed by atoms with van der Waals surface area (Å²) < 4.78 is 27.6. The van der Waals surface area contributed by atoms with Crippen molar-refractivity contribution in [3.63, 3.8) is 0 Å². The number of aromatic nitrogens is 3. The van der Waals surface area contributed by atoms with E-state index in [2.05, 4.69) is 10.1 Å². The minimum Gasteiger partial charge on any atom is -0.396 e. The van der Waals surface area contributed by atoms with Gasteiger partial charge in [0.15, 0.2) is 5.82 Å². The zero-order chi connectivity index (χ0) is 13.4. The molecule has 2 aromatic heterocycles. The molecule has 2 aromatic rings. The molecule has 4 nitrogen and oxygen atoms in total. The molecular weight excluding hydrogens is 250 g/mol. The molecule has 0 bridgehead atoms. The molecule has 0 saturated heterocycles. The number of halogens is 2. The van der Waals surface area contributed by atoms with Crippen LogP contribution in [-0.4, -0.2) is 14.8 Å². The van der Waals surface area contributed by atoms with Crippen molar-refractivity contribution < 1.29 is 8.78 Å². The molecule has 2 N–H and O–H groups in total. The SMILES string of the molecule is Nc1cccnc1-n1nc(C(F)F)c2c1CCCC2. The van der Waals surface area contributed by atoms with Crippen molar-refractivity contribution in [3.05, 3.63) is 35.3 Å². The summed E-state index contributed by atoms with van der Waals surface area (Å²) in [6.07, 6.45) is 2.33. The van der Waals surface area contributed by atoms with E-state index < -0.39 is 6.43 Å². The quantitative estimate of drug-likeness (QED) is 0.907. The van der Waals surface area contributed by atoms with Gasteiger partial charge in [-0.05, 0) is 37.8 Å². The lowest BCUT2D eigenvalue weighted by Gasteiger charge is -2.14. The molecule has 0 saturated carbocycles. The molecular formula is C13H14F2N4. The van der Waals surface area contributed by atoms with E-state index in [1.54, 1.807) is 18.3 Å². The molecule has 0 spiro atoms. The average molecular weight is 264 g/mol. The summed E-state index contributed by atoms with van der Waals surface area (Å²) >= 11 is 0. The zero-order valence-corrected chi connectivity index (χ0v) is 10.3. The Morgan fingerprint density at radius 1 is 1.26 bits per heavy atom. The second kappa shape index (κ2) is 4.60. The van der Waals surface area contributed by atoms with Crippen LogP contribution in [0.1, 0.15) is 36.2 Å². The number of hydrogen-bond donors (Lipinski definition) is 1. The summed E-state index contributed by atoms with van der Waals surface area (Å²) in [5, 5.41) is 4.05. The number of alkyl halides is 2. The Balaban J connectivity index is 2.19. The molecule has 0 aliphatic heterocycles. The van der Waals surface area contributed by atoms with Gasteiger partial charge in [-0.25, -0.2) is 18.4 Å². The van der Waals surface area contributed by atoms with Crippen LogP contribution in [0.3, 0.4) is 0 Å². The van der Waals surface area contributed by atoms with E-state index in [1.807, 2.05) is 0 Å². The number of nitrogens with two attached hydrogens (primary N) is 1. The van der Waals surface area contributed by atoms with Crippen molar-refractivity contribution in [2.24, 2.45) is 0 Å². The number of pyridine rings is 1. The average Bonchev–Trinajstić information content (AvgIpc) is 2.79. The molecule has 0 fully saturated rings. The second-order valence-corrected chi connectivity index (χ2v) is 4.65. The summed E-state index contributed by atoms with van der Waals surface area (Å²) in [5.74, 6) is 0.438. The largest absolute Gasteiger partial charge is 0.396 e. The van der Waals surface area contributed by atoms with Crippen LogP contribution in [0.2, 0.25) is 0 Å². The third-order valence-corrected chi connectivity index (χ3v) is 3.44. The van der Waals surface area contributed by atoms with Crippen LogP contribution in [0.25, 0.3) is 5.82 Å². The van der Waals surface area contributed by atoms with E-state index in [0.717, 1.165) is 25.0 Å². The predicted octanol–water partition coefficient (Wildman–Crippen LogP) is 2.67. The molecule has 0 amide bonds. The first-order valence-corrected chi connectivity index (χ1v) is 6.28. The number of nitrogen functional groups attached to an aromatic ring is 1. The van der Waals surface area contributed by atoms with Crippen LogP contribution in [0.4, 0.5) is 14.5 Å². The standard InChI is InChI=1S/C13H14F2N4/c14-12(15)11-8-4-1-2-6-10(8)19(18-11)13-9(16)5-3-7-17-13/h3,5,7,12H,1-2,4,6,16H2. The maximum Gasteiger partial charge on any atom is 0.282 e. The number of anilines is 1. The minimum absolute atomic E-state index is 0.125. The highest BCUT2D eigenvalue weighted by Crippen LogP contribution is 2.32. The van der Waals surface area contributed by atoms with Gasteiger partial charge in [0.05, 0.1) is 5.69 Å². The first kappa shape index (κ1) is 12.1. The van der Waals surface area contributed by atoms with E-state index in [4.69, 9.17) is 5.73 Å². The number of hydrogen-bond acceptors (Lipinski definition) is 3. The summed E-state index contributed by atoms with van der Waals surface area (Å²) in [4.78, 5) is 4.16. The van der Waals surface area contributed by atoms with Gasteiger partial charge >= 0.3 is 0 Å². The fourth-order valence-electron chi connectivity index (χ4n) is 2.56. The van der Waals surface area contributed by atoms with Gasteiger partial charge in [-0.2, -0.15) is 5.10 Å². The number of fused-ring (bicyclic) bond motifs is 1. The second-order valence-electron chi connectivity index (χ2n) is 4.65. The van der Waals surface area contributed by atoms with Crippen LogP contribution in [0.15, 0.2) is 18.3 Å². The van der Waals surface area contributed by atoms with Crippen molar-refractivity contribution in [1.29, 1.82) is 0 Å². The lowest BCUT2D eigenvalue weighted by Crippen LogP contribution is -2.10. The van der Waals surface area contributed by atoms with Crippen LogP contribution in [0, 0.1) is 0 Å². The van der Waals surface area contributed by atoms with E-state index >= 15 is 0 Å². The third-order valence-electron chi connectivity index (χ3n) is 3.44. The van der Waals surface area contributed by atoms with Crippen LogP contribution < -0.4 is 5.73 Å². The molecule has 100 valence electrons. The summed E-state index contributed by atoms with van der Waals surface area (Å²) in [6, 6.07) is 3.41. The van der Waals surface area contributed by atoms with E-state index in [9.17, 15) is 8.78 Å². The Morgan fingerprint density at radius 2 is 2.05 bits per heavy atom. The number of nitrogens with zero attached hydrogens (tertiary/aromatic N) is 3. The van der Waals surface area contributed by atoms with Gasteiger partial charge in [0.2, 0.25) is 0 Å². The predicted molar refractivity (Wildman–Crippen MR) is 67.4 cm³/mol. The molecule has 0 atom stereocenters. The summed E-state index contributed by atoms with van der Waals surface area (Å²) in [5.41, 5.74) is 7.68. The monoisotopic (exact) mass is 264 g/mol. The Hall–Kier alpha value is -1.98. The van der Waals surface area contributed by atoms with Gasteiger partial charge in [0.1, 0.15) is 5.69 Å². The Labute approximate surface area is 109 Å². The van der Waals surface area contributed by atoms with Crippen molar-refractivity contribution in [2.45, 2.75) is 32.1 Å². The van der Waals surface area contributed by atoms with Crippen molar-refractivity contribution in [3.8, 4) is 5.82 Å². The van der Waals surface area contributed by atoms with E-state index in [-0.39, 0.29) is 5.69 Å². The molecule has 1 aliphatic rings. The summed E-state index contributed by atoms with van der Waals surface area (Å²) in [7, 11) is 0. The topological polar surface area (TPSA) is 56.7 Å². The maximum absolute atomic E-state index is 13.1. The molecule has 6 heteroatoms. The highest BCUT2D eigenvalue weighted by molar-refractivity contribution is 5.53. The van der Waals surface area contributed by atoms with Crippen LogP contribution in [-0.2, 0) is 12.8 Å². The van der Waals surface area contributed by atoms with E-state index in [1.165, 1.54) is 4.68 Å². The van der Waals surface area contributed by atoms with Crippen molar-refractivity contribution in [2.75, 3.05) is 5.73 Å². The highest BCUT2D eigenvalue weighted by atomic mass is 19.3. The molecule has 0 aromatic carbocycles. The normalized spacial score (nSPS) is 14.7. The first-order valence-electron chi connectivity index (χ1n) is 6.28. The smallest absolute Gasteiger partial charge is 0.282 e. The molecule has 19 heavy (non-hydrogen) atoms. The van der Waals surface area contributed by atoms with Gasteiger partial charge < -0.3 is 5.73 Å². The van der Waals surface area contributed by atoms with Gasteiger partial charge in [-0.3, -0.25) is 0 Å². The number of rotatable bonds is 2. The van der Waals surface area contributed by atoms with Crippen molar-refractivity contribution in [1.82, 2.24) is 14.8 Å². The minimum atomic E-state index is -2.56. The fourth-order valence-corrected chi connectivity index (χ4v) is 2.56. The highest BCUT2D eigenvalue weighted by Gasteiger charge is 2.27. The van der Waals surface area contributed by atoms with Crippen molar-refractivity contribution >= 4 is 5.69 Å². The first-order chi connectivity index (χ1) is 9.18. The fraction of sp³-hybridized carbons (Fsp3) is 0.385. The summed E-state index contributed by atoms with van der Waals surface area (Å²) in [6.45, 7) is 0. The van der Waals surface area contributed by atoms with Gasteiger partial charge in [-0.15, -0.1) is 0 Å². The van der Waals surface area contributed by atoms with Gasteiger partial charge in [-0.1, -0.05) is 0 Å². The zero-order valence-electron chi connectivity index (χ0n) is 10.3.